The van der Waals surface area contributed by atoms with E-state index in [0.717, 1.165) is 24.0 Å². The van der Waals surface area contributed by atoms with Crippen molar-refractivity contribution in [2.24, 2.45) is 0 Å². The second-order valence-corrected chi connectivity index (χ2v) is 9.22. The Kier molecular flexibility index (Phi) is 7.87. The van der Waals surface area contributed by atoms with Gasteiger partial charge in [0.05, 0.1) is 12.5 Å². The van der Waals surface area contributed by atoms with Crippen LogP contribution in [0.3, 0.4) is 0 Å². The molecule has 0 fully saturated rings. The lowest BCUT2D eigenvalue weighted by atomic mass is 9.95. The minimum Gasteiger partial charge on any atom is -0.508 e. The van der Waals surface area contributed by atoms with Crippen LogP contribution in [0.25, 0.3) is 21.9 Å². The third kappa shape index (κ3) is 5.36. The van der Waals surface area contributed by atoms with Crippen molar-refractivity contribution in [3.8, 4) is 17.2 Å². The van der Waals surface area contributed by atoms with E-state index in [2.05, 4.69) is 32.9 Å². The number of rotatable bonds is 8. The number of hydrogen-bond donors (Lipinski definition) is 2. The van der Waals surface area contributed by atoms with Crippen LogP contribution in [0.5, 0.6) is 17.2 Å². The van der Waals surface area contributed by atoms with Gasteiger partial charge in [-0.05, 0) is 78.5 Å². The van der Waals surface area contributed by atoms with Gasteiger partial charge in [0.25, 0.3) is 0 Å². The molecule has 1 aromatic heterocycles. The van der Waals surface area contributed by atoms with Crippen molar-refractivity contribution in [3.05, 3.63) is 74.5 Å². The Balaban J connectivity index is 2.29. The van der Waals surface area contributed by atoms with Gasteiger partial charge >= 0.3 is 0 Å². The molecule has 0 unspecified atom stereocenters. The Morgan fingerprint density at radius 1 is 0.971 bits per heavy atom. The lowest BCUT2D eigenvalue weighted by Crippen LogP contribution is -2.08. The average molecular weight is 463 g/mol. The Labute approximate surface area is 200 Å². The normalized spacial score (nSPS) is 11.6. The number of allylic oxidation sites excluding steroid dienone is 6. The summed E-state index contributed by atoms with van der Waals surface area (Å²) in [5.74, 6) is 0.348. The van der Waals surface area contributed by atoms with Gasteiger partial charge < -0.3 is 19.4 Å². The standard InChI is InChI=1S/C29H34O5/c1-17(2)8-7-9-19(5)11-14-22-28(33-6)21(13-10-18(3)4)26(31)25-27(32)23-16-20(30)12-15-24(23)34-29(22)25/h8,10-12,15-16,30-31H,7,9,13-14H2,1-6H3/b19-11+. The molecule has 0 spiro atoms. The third-order valence-corrected chi connectivity index (χ3v) is 5.88. The van der Waals surface area contributed by atoms with Gasteiger partial charge in [0.15, 0.2) is 0 Å². The summed E-state index contributed by atoms with van der Waals surface area (Å²) in [5, 5.41) is 21.4. The highest BCUT2D eigenvalue weighted by molar-refractivity contribution is 5.97. The molecule has 0 aliphatic heterocycles. The summed E-state index contributed by atoms with van der Waals surface area (Å²) in [4.78, 5) is 13.4. The molecule has 0 bridgehead atoms. The van der Waals surface area contributed by atoms with E-state index in [0.29, 0.717) is 35.3 Å². The van der Waals surface area contributed by atoms with Crippen LogP contribution in [0, 0.1) is 0 Å². The van der Waals surface area contributed by atoms with Gasteiger partial charge in [-0.2, -0.15) is 0 Å². The number of ether oxygens (including phenoxy) is 1. The highest BCUT2D eigenvalue weighted by Crippen LogP contribution is 2.41. The van der Waals surface area contributed by atoms with Crippen LogP contribution >= 0.6 is 0 Å². The highest BCUT2D eigenvalue weighted by atomic mass is 16.5. The molecule has 0 amide bonds. The van der Waals surface area contributed by atoms with Gasteiger partial charge in [-0.25, -0.2) is 0 Å². The molecule has 1 heterocycles. The van der Waals surface area contributed by atoms with Gasteiger partial charge in [0, 0.05) is 11.1 Å². The van der Waals surface area contributed by atoms with Crippen LogP contribution in [0.15, 0.2) is 62.4 Å². The number of fused-ring (bicyclic) bond motifs is 2. The first-order valence-electron chi connectivity index (χ1n) is 11.6. The quantitative estimate of drug-likeness (QED) is 0.275. The Morgan fingerprint density at radius 2 is 1.65 bits per heavy atom. The summed E-state index contributed by atoms with van der Waals surface area (Å²) in [7, 11) is 1.57. The molecule has 5 nitrogen and oxygen atoms in total. The fourth-order valence-corrected chi connectivity index (χ4v) is 4.05. The summed E-state index contributed by atoms with van der Waals surface area (Å²) in [6.07, 6.45) is 9.14. The lowest BCUT2D eigenvalue weighted by Gasteiger charge is -2.17. The third-order valence-electron chi connectivity index (χ3n) is 5.88. The van der Waals surface area contributed by atoms with Gasteiger partial charge in [-0.15, -0.1) is 0 Å². The highest BCUT2D eigenvalue weighted by Gasteiger charge is 2.24. The van der Waals surface area contributed by atoms with Gasteiger partial charge in [0.2, 0.25) is 5.43 Å². The molecule has 2 aromatic carbocycles. The maximum Gasteiger partial charge on any atom is 0.204 e. The fraction of sp³-hybridized carbons (Fsp3) is 0.345. The van der Waals surface area contributed by atoms with Gasteiger partial charge in [-0.3, -0.25) is 4.79 Å². The van der Waals surface area contributed by atoms with E-state index in [9.17, 15) is 15.0 Å². The van der Waals surface area contributed by atoms with Crippen LogP contribution in [-0.2, 0) is 12.8 Å². The molecule has 2 N–H and O–H groups in total. The molecule has 5 heteroatoms. The van der Waals surface area contributed by atoms with E-state index < -0.39 is 0 Å². The van der Waals surface area contributed by atoms with Crippen LogP contribution in [0.1, 0.15) is 58.6 Å². The van der Waals surface area contributed by atoms with E-state index in [-0.39, 0.29) is 27.7 Å². The molecular weight excluding hydrogens is 428 g/mol. The number of aromatic hydroxyl groups is 2. The second kappa shape index (κ2) is 10.6. The molecule has 0 saturated heterocycles. The summed E-state index contributed by atoms with van der Waals surface area (Å²) < 4.78 is 11.9. The maximum absolute atomic E-state index is 13.4. The van der Waals surface area contributed by atoms with Crippen LogP contribution in [-0.4, -0.2) is 17.3 Å². The fourth-order valence-electron chi connectivity index (χ4n) is 4.05. The van der Waals surface area contributed by atoms with Crippen molar-refractivity contribution in [3.63, 3.8) is 0 Å². The van der Waals surface area contributed by atoms with Crippen molar-refractivity contribution in [2.45, 2.75) is 60.3 Å². The monoisotopic (exact) mass is 462 g/mol. The molecule has 0 saturated carbocycles. The topological polar surface area (TPSA) is 79.9 Å². The van der Waals surface area contributed by atoms with Gasteiger partial charge in [0.1, 0.15) is 33.8 Å². The zero-order chi connectivity index (χ0) is 25.0. The summed E-state index contributed by atoms with van der Waals surface area (Å²) in [5.41, 5.74) is 5.16. The lowest BCUT2D eigenvalue weighted by molar-refractivity contribution is 0.398. The minimum atomic E-state index is -0.378. The van der Waals surface area contributed by atoms with Crippen molar-refractivity contribution < 1.29 is 19.4 Å². The zero-order valence-electron chi connectivity index (χ0n) is 20.9. The van der Waals surface area contributed by atoms with Crippen LogP contribution < -0.4 is 10.2 Å². The van der Waals surface area contributed by atoms with E-state index in [1.807, 2.05) is 19.9 Å². The predicted octanol–water partition coefficient (Wildman–Crippen LogP) is 7.11. The van der Waals surface area contributed by atoms with Crippen molar-refractivity contribution in [1.82, 2.24) is 0 Å². The number of hydrogen-bond acceptors (Lipinski definition) is 5. The molecule has 0 radical (unpaired) electrons. The van der Waals surface area contributed by atoms with E-state index in [1.54, 1.807) is 13.2 Å². The van der Waals surface area contributed by atoms with Gasteiger partial charge in [-0.1, -0.05) is 34.9 Å². The van der Waals surface area contributed by atoms with Crippen molar-refractivity contribution in [1.29, 1.82) is 0 Å². The van der Waals surface area contributed by atoms with E-state index in [1.165, 1.54) is 23.3 Å². The van der Waals surface area contributed by atoms with E-state index >= 15 is 0 Å². The Hall–Kier alpha value is -3.47. The molecule has 0 aliphatic rings. The molecular formula is C29H34O5. The Bertz CT molecular complexity index is 1360. The smallest absolute Gasteiger partial charge is 0.204 e. The molecule has 3 rings (SSSR count). The molecule has 180 valence electrons. The average Bonchev–Trinajstić information content (AvgIpc) is 2.77. The maximum atomic E-state index is 13.4. The Morgan fingerprint density at radius 3 is 2.29 bits per heavy atom. The predicted molar refractivity (Wildman–Crippen MR) is 139 cm³/mol. The van der Waals surface area contributed by atoms with E-state index in [4.69, 9.17) is 9.15 Å². The summed E-state index contributed by atoms with van der Waals surface area (Å²) in [6.45, 7) is 10.2. The SMILES string of the molecule is COc1c(CC=C(C)C)c(O)c2c(=O)c3cc(O)ccc3oc2c1C/C=C(\C)CCC=C(C)C. The first-order valence-corrected chi connectivity index (χ1v) is 11.6. The molecule has 0 aliphatic carbocycles. The summed E-state index contributed by atoms with van der Waals surface area (Å²) in [6, 6.07) is 4.41. The molecule has 34 heavy (non-hydrogen) atoms. The molecule has 0 atom stereocenters. The number of phenolic OH excluding ortho intramolecular Hbond substituents is 2. The number of methoxy groups -OCH3 is 1. The second-order valence-electron chi connectivity index (χ2n) is 9.22. The number of benzene rings is 2. The first kappa shape index (κ1) is 25.2. The molecule has 3 aromatic rings. The van der Waals surface area contributed by atoms with Crippen molar-refractivity contribution >= 4 is 21.9 Å². The minimum absolute atomic E-state index is 0.0351. The number of phenols is 2. The van der Waals surface area contributed by atoms with Crippen LogP contribution in [0.2, 0.25) is 0 Å². The summed E-state index contributed by atoms with van der Waals surface area (Å²) >= 11 is 0. The zero-order valence-corrected chi connectivity index (χ0v) is 20.9. The van der Waals surface area contributed by atoms with Crippen molar-refractivity contribution in [2.75, 3.05) is 7.11 Å². The largest absolute Gasteiger partial charge is 0.508 e. The first-order chi connectivity index (χ1) is 16.1. The van der Waals surface area contributed by atoms with Crippen LogP contribution in [0.4, 0.5) is 0 Å².